The fraction of sp³-hybridized carbons (Fsp3) is 0.846. The molecular weight excluding hydrogens is 214 g/mol. The predicted octanol–water partition coefficient (Wildman–Crippen LogP) is 3.34. The van der Waals surface area contributed by atoms with Crippen LogP contribution in [-0.4, -0.2) is 10.1 Å². The Bertz CT molecular complexity index is 333. The van der Waals surface area contributed by atoms with Crippen LogP contribution in [0.2, 0.25) is 0 Å². The Kier molecular flexibility index (Phi) is 5.12. The zero-order valence-electron chi connectivity index (χ0n) is 11.5. The van der Waals surface area contributed by atoms with Gasteiger partial charge in [-0.25, -0.2) is 0 Å². The SMILES string of the molecule is CCCCC(CC)c1nc(C(C)(N)CC)no1. The summed E-state index contributed by atoms with van der Waals surface area (Å²) < 4.78 is 5.36. The molecule has 98 valence electrons. The summed E-state index contributed by atoms with van der Waals surface area (Å²) in [6, 6.07) is 0. The van der Waals surface area contributed by atoms with Crippen molar-refractivity contribution in [3.8, 4) is 0 Å². The lowest BCUT2D eigenvalue weighted by Crippen LogP contribution is -2.33. The van der Waals surface area contributed by atoms with Crippen molar-refractivity contribution in [3.63, 3.8) is 0 Å². The van der Waals surface area contributed by atoms with E-state index in [0.717, 1.165) is 25.2 Å². The number of unbranched alkanes of at least 4 members (excludes halogenated alkanes) is 1. The van der Waals surface area contributed by atoms with E-state index in [1.807, 2.05) is 13.8 Å². The van der Waals surface area contributed by atoms with Gasteiger partial charge in [-0.1, -0.05) is 38.8 Å². The average Bonchev–Trinajstić information content (AvgIpc) is 2.80. The van der Waals surface area contributed by atoms with Gasteiger partial charge in [0, 0.05) is 5.92 Å². The Morgan fingerprint density at radius 3 is 2.59 bits per heavy atom. The van der Waals surface area contributed by atoms with Crippen LogP contribution in [0.5, 0.6) is 0 Å². The molecule has 0 bridgehead atoms. The molecular formula is C13H25N3O. The summed E-state index contributed by atoms with van der Waals surface area (Å²) in [5, 5.41) is 4.02. The first-order valence-electron chi connectivity index (χ1n) is 6.68. The summed E-state index contributed by atoms with van der Waals surface area (Å²) >= 11 is 0. The Labute approximate surface area is 104 Å². The van der Waals surface area contributed by atoms with Crippen molar-refractivity contribution in [2.45, 2.75) is 71.3 Å². The average molecular weight is 239 g/mol. The highest BCUT2D eigenvalue weighted by atomic mass is 16.5. The first-order valence-corrected chi connectivity index (χ1v) is 6.68. The highest BCUT2D eigenvalue weighted by molar-refractivity contribution is 5.03. The zero-order valence-corrected chi connectivity index (χ0v) is 11.5. The molecule has 4 nitrogen and oxygen atoms in total. The number of nitrogens with zero attached hydrogens (tertiary/aromatic N) is 2. The lowest BCUT2D eigenvalue weighted by atomic mass is 9.98. The highest BCUT2D eigenvalue weighted by Crippen LogP contribution is 2.26. The second-order valence-corrected chi connectivity index (χ2v) is 4.97. The van der Waals surface area contributed by atoms with Gasteiger partial charge in [-0.05, 0) is 26.2 Å². The molecule has 0 aliphatic carbocycles. The van der Waals surface area contributed by atoms with Gasteiger partial charge in [0.15, 0.2) is 5.82 Å². The minimum atomic E-state index is -0.481. The van der Waals surface area contributed by atoms with Gasteiger partial charge >= 0.3 is 0 Å². The van der Waals surface area contributed by atoms with Gasteiger partial charge in [-0.2, -0.15) is 4.98 Å². The summed E-state index contributed by atoms with van der Waals surface area (Å²) in [6.45, 7) is 8.32. The van der Waals surface area contributed by atoms with Crippen LogP contribution >= 0.6 is 0 Å². The number of hydrogen-bond donors (Lipinski definition) is 1. The maximum absolute atomic E-state index is 6.11. The maximum Gasteiger partial charge on any atom is 0.229 e. The molecule has 0 saturated heterocycles. The van der Waals surface area contributed by atoms with Crippen LogP contribution in [-0.2, 0) is 5.54 Å². The summed E-state index contributed by atoms with van der Waals surface area (Å²) in [4.78, 5) is 4.47. The van der Waals surface area contributed by atoms with E-state index in [0.29, 0.717) is 11.7 Å². The molecule has 0 aliphatic heterocycles. The summed E-state index contributed by atoms with van der Waals surface area (Å²) in [7, 11) is 0. The largest absolute Gasteiger partial charge is 0.339 e. The third kappa shape index (κ3) is 3.53. The number of hydrogen-bond acceptors (Lipinski definition) is 4. The molecule has 17 heavy (non-hydrogen) atoms. The maximum atomic E-state index is 6.11. The van der Waals surface area contributed by atoms with Crippen LogP contribution in [0, 0.1) is 0 Å². The minimum absolute atomic E-state index is 0.379. The molecule has 1 heterocycles. The van der Waals surface area contributed by atoms with Crippen molar-refractivity contribution in [2.24, 2.45) is 5.73 Å². The third-order valence-electron chi connectivity index (χ3n) is 3.44. The summed E-state index contributed by atoms with van der Waals surface area (Å²) in [5.74, 6) is 1.76. The number of nitrogens with two attached hydrogens (primary N) is 1. The van der Waals surface area contributed by atoms with Gasteiger partial charge in [0.25, 0.3) is 0 Å². The molecule has 0 fully saturated rings. The molecule has 2 unspecified atom stereocenters. The zero-order chi connectivity index (χ0) is 12.9. The van der Waals surface area contributed by atoms with Crippen molar-refractivity contribution in [3.05, 3.63) is 11.7 Å². The van der Waals surface area contributed by atoms with Gasteiger partial charge in [0.2, 0.25) is 5.89 Å². The Morgan fingerprint density at radius 2 is 2.06 bits per heavy atom. The van der Waals surface area contributed by atoms with E-state index in [2.05, 4.69) is 24.0 Å². The molecule has 2 atom stereocenters. The molecule has 0 saturated carbocycles. The van der Waals surface area contributed by atoms with Crippen molar-refractivity contribution in [2.75, 3.05) is 0 Å². The van der Waals surface area contributed by atoms with E-state index >= 15 is 0 Å². The van der Waals surface area contributed by atoms with E-state index in [9.17, 15) is 0 Å². The van der Waals surface area contributed by atoms with Crippen molar-refractivity contribution >= 4 is 0 Å². The second-order valence-electron chi connectivity index (χ2n) is 4.97. The first kappa shape index (κ1) is 14.2. The normalized spacial score (nSPS) is 16.8. The van der Waals surface area contributed by atoms with Crippen molar-refractivity contribution < 1.29 is 4.52 Å². The van der Waals surface area contributed by atoms with E-state index in [1.165, 1.54) is 12.8 Å². The van der Waals surface area contributed by atoms with Crippen LogP contribution in [0.3, 0.4) is 0 Å². The smallest absolute Gasteiger partial charge is 0.229 e. The van der Waals surface area contributed by atoms with Crippen LogP contribution in [0.1, 0.15) is 77.4 Å². The minimum Gasteiger partial charge on any atom is -0.339 e. The lowest BCUT2D eigenvalue weighted by Gasteiger charge is -2.17. The Morgan fingerprint density at radius 1 is 1.35 bits per heavy atom. The molecule has 0 amide bonds. The standard InChI is InChI=1S/C13H25N3O/c1-5-8-9-10(6-2)11-15-12(16-17-11)13(4,14)7-3/h10H,5-9,14H2,1-4H3. The van der Waals surface area contributed by atoms with Crippen LogP contribution in [0.15, 0.2) is 4.52 Å². The van der Waals surface area contributed by atoms with Crippen molar-refractivity contribution in [1.82, 2.24) is 10.1 Å². The van der Waals surface area contributed by atoms with Gasteiger partial charge in [0.1, 0.15) is 0 Å². The Balaban J connectivity index is 2.78. The van der Waals surface area contributed by atoms with Gasteiger partial charge in [-0.15, -0.1) is 0 Å². The fourth-order valence-electron chi connectivity index (χ4n) is 1.74. The molecule has 0 aromatic carbocycles. The highest BCUT2D eigenvalue weighted by Gasteiger charge is 2.27. The molecule has 0 aliphatic rings. The molecule has 0 radical (unpaired) electrons. The van der Waals surface area contributed by atoms with E-state index in [1.54, 1.807) is 0 Å². The monoisotopic (exact) mass is 239 g/mol. The number of aromatic nitrogens is 2. The van der Waals surface area contributed by atoms with E-state index in [4.69, 9.17) is 10.3 Å². The molecule has 4 heteroatoms. The third-order valence-corrected chi connectivity index (χ3v) is 3.44. The van der Waals surface area contributed by atoms with Crippen LogP contribution in [0.25, 0.3) is 0 Å². The molecule has 2 N–H and O–H groups in total. The van der Waals surface area contributed by atoms with E-state index < -0.39 is 5.54 Å². The van der Waals surface area contributed by atoms with Crippen molar-refractivity contribution in [1.29, 1.82) is 0 Å². The molecule has 1 aromatic rings. The van der Waals surface area contributed by atoms with Crippen LogP contribution in [0.4, 0.5) is 0 Å². The molecule has 1 rings (SSSR count). The Hall–Kier alpha value is -0.900. The molecule has 0 spiro atoms. The van der Waals surface area contributed by atoms with Crippen LogP contribution < -0.4 is 5.73 Å². The molecule has 1 aromatic heterocycles. The quantitative estimate of drug-likeness (QED) is 0.792. The van der Waals surface area contributed by atoms with Gasteiger partial charge in [0.05, 0.1) is 5.54 Å². The topological polar surface area (TPSA) is 64.9 Å². The fourth-order valence-corrected chi connectivity index (χ4v) is 1.74. The first-order chi connectivity index (χ1) is 8.05. The van der Waals surface area contributed by atoms with Gasteiger partial charge in [-0.3, -0.25) is 0 Å². The summed E-state index contributed by atoms with van der Waals surface area (Å²) in [5.41, 5.74) is 5.63. The van der Waals surface area contributed by atoms with Gasteiger partial charge < -0.3 is 10.3 Å². The van der Waals surface area contributed by atoms with E-state index in [-0.39, 0.29) is 0 Å². The number of rotatable bonds is 7. The lowest BCUT2D eigenvalue weighted by molar-refractivity contribution is 0.326. The second kappa shape index (κ2) is 6.15. The summed E-state index contributed by atoms with van der Waals surface area (Å²) in [6.07, 6.45) is 5.35. The predicted molar refractivity (Wildman–Crippen MR) is 68.7 cm³/mol.